The van der Waals surface area contributed by atoms with E-state index in [4.69, 9.17) is 4.74 Å². The Hall–Kier alpha value is -2.42. The van der Waals surface area contributed by atoms with Crippen molar-refractivity contribution in [2.45, 2.75) is 37.4 Å². The molecule has 30 heavy (non-hydrogen) atoms. The molecule has 2 atom stereocenters. The number of anilines is 1. The zero-order chi connectivity index (χ0) is 21.6. The molecule has 2 aromatic carbocycles. The van der Waals surface area contributed by atoms with Crippen molar-refractivity contribution in [2.75, 3.05) is 31.5 Å². The Kier molecular flexibility index (Phi) is 7.47. The van der Waals surface area contributed by atoms with Gasteiger partial charge in [0.05, 0.1) is 17.1 Å². The number of rotatable bonds is 8. The van der Waals surface area contributed by atoms with Gasteiger partial charge in [-0.2, -0.15) is 4.31 Å². The van der Waals surface area contributed by atoms with E-state index in [1.165, 1.54) is 16.4 Å². The van der Waals surface area contributed by atoms with Crippen molar-refractivity contribution < 1.29 is 17.9 Å². The maximum Gasteiger partial charge on any atom is 0.251 e. The van der Waals surface area contributed by atoms with Gasteiger partial charge in [-0.05, 0) is 50.6 Å². The van der Waals surface area contributed by atoms with Gasteiger partial charge in [-0.3, -0.25) is 4.79 Å². The predicted octanol–water partition coefficient (Wildman–Crippen LogP) is 2.72. The number of para-hydroxylation sites is 1. The maximum atomic E-state index is 13.0. The van der Waals surface area contributed by atoms with Crippen LogP contribution in [0.2, 0.25) is 0 Å². The summed E-state index contributed by atoms with van der Waals surface area (Å²) in [5, 5.41) is 6.13. The Labute approximate surface area is 178 Å². The fourth-order valence-corrected chi connectivity index (χ4v) is 5.09. The fraction of sp³-hybridized carbons (Fsp3) is 0.409. The SMILES string of the molecule is CC1CN(S(=O)(=O)c2cccc(C(=O)NCCCNc3ccccc3)c2)CC(C)O1. The normalized spacial score (nSPS) is 19.9. The van der Waals surface area contributed by atoms with E-state index in [0.717, 1.165) is 18.7 Å². The number of morpholine rings is 1. The third-order valence-corrected chi connectivity index (χ3v) is 6.69. The first-order valence-corrected chi connectivity index (χ1v) is 11.6. The molecule has 1 amide bonds. The topological polar surface area (TPSA) is 87.7 Å². The number of hydrogen-bond acceptors (Lipinski definition) is 5. The van der Waals surface area contributed by atoms with Crippen LogP contribution in [-0.4, -0.2) is 57.0 Å². The molecule has 8 heteroatoms. The second kappa shape index (κ2) is 10.1. The zero-order valence-corrected chi connectivity index (χ0v) is 18.2. The highest BCUT2D eigenvalue weighted by Gasteiger charge is 2.32. The number of ether oxygens (including phenoxy) is 1. The van der Waals surface area contributed by atoms with Crippen molar-refractivity contribution >= 4 is 21.6 Å². The van der Waals surface area contributed by atoms with Crippen LogP contribution in [0.5, 0.6) is 0 Å². The van der Waals surface area contributed by atoms with Crippen molar-refractivity contribution in [3.05, 3.63) is 60.2 Å². The highest BCUT2D eigenvalue weighted by Crippen LogP contribution is 2.22. The lowest BCUT2D eigenvalue weighted by Gasteiger charge is -2.34. The van der Waals surface area contributed by atoms with Crippen molar-refractivity contribution in [2.24, 2.45) is 0 Å². The number of nitrogens with zero attached hydrogens (tertiary/aromatic N) is 1. The van der Waals surface area contributed by atoms with Crippen LogP contribution in [0.1, 0.15) is 30.6 Å². The highest BCUT2D eigenvalue weighted by molar-refractivity contribution is 7.89. The molecule has 7 nitrogen and oxygen atoms in total. The minimum absolute atomic E-state index is 0.127. The van der Waals surface area contributed by atoms with E-state index in [2.05, 4.69) is 10.6 Å². The second-order valence-electron chi connectivity index (χ2n) is 7.51. The smallest absolute Gasteiger partial charge is 0.251 e. The maximum absolute atomic E-state index is 13.0. The van der Waals surface area contributed by atoms with Crippen LogP contribution in [0.25, 0.3) is 0 Å². The monoisotopic (exact) mass is 431 g/mol. The van der Waals surface area contributed by atoms with Crippen molar-refractivity contribution in [3.8, 4) is 0 Å². The Morgan fingerprint density at radius 2 is 1.73 bits per heavy atom. The van der Waals surface area contributed by atoms with Crippen LogP contribution < -0.4 is 10.6 Å². The lowest BCUT2D eigenvalue weighted by molar-refractivity contribution is -0.0440. The van der Waals surface area contributed by atoms with Crippen LogP contribution in [0.4, 0.5) is 5.69 Å². The number of sulfonamides is 1. The van der Waals surface area contributed by atoms with Gasteiger partial charge in [0, 0.05) is 37.4 Å². The predicted molar refractivity (Wildman–Crippen MR) is 117 cm³/mol. The van der Waals surface area contributed by atoms with Gasteiger partial charge in [0.2, 0.25) is 10.0 Å². The minimum atomic E-state index is -3.68. The number of amides is 1. The molecule has 0 aliphatic carbocycles. The molecule has 1 heterocycles. The van der Waals surface area contributed by atoms with Crippen molar-refractivity contribution in [3.63, 3.8) is 0 Å². The molecule has 3 rings (SSSR count). The standard InChI is InChI=1S/C22H29N3O4S/c1-17-15-25(16-18(2)29-17)30(27,28)21-11-6-8-19(14-21)22(26)24-13-7-12-23-20-9-4-3-5-10-20/h3-6,8-11,14,17-18,23H,7,12-13,15-16H2,1-2H3,(H,24,26). The van der Waals surface area contributed by atoms with Crippen molar-refractivity contribution in [1.82, 2.24) is 9.62 Å². The molecule has 162 valence electrons. The second-order valence-corrected chi connectivity index (χ2v) is 9.45. The molecule has 0 aromatic heterocycles. The molecule has 1 aliphatic rings. The molecule has 2 unspecified atom stereocenters. The van der Waals surface area contributed by atoms with Gasteiger partial charge in [0.15, 0.2) is 0 Å². The summed E-state index contributed by atoms with van der Waals surface area (Å²) in [7, 11) is -3.68. The lowest BCUT2D eigenvalue weighted by atomic mass is 10.2. The van der Waals surface area contributed by atoms with E-state index in [1.807, 2.05) is 44.2 Å². The average Bonchev–Trinajstić information content (AvgIpc) is 2.73. The molecule has 0 bridgehead atoms. The molecule has 1 fully saturated rings. The number of nitrogens with one attached hydrogen (secondary N) is 2. The van der Waals surface area contributed by atoms with E-state index >= 15 is 0 Å². The first-order chi connectivity index (χ1) is 14.4. The quantitative estimate of drug-likeness (QED) is 0.628. The molecule has 0 spiro atoms. The van der Waals surface area contributed by atoms with Gasteiger partial charge < -0.3 is 15.4 Å². The zero-order valence-electron chi connectivity index (χ0n) is 17.4. The third kappa shape index (κ3) is 5.81. The number of carbonyl (C=O) groups excluding carboxylic acids is 1. The van der Waals surface area contributed by atoms with E-state index in [0.29, 0.717) is 25.2 Å². The molecular formula is C22H29N3O4S. The van der Waals surface area contributed by atoms with E-state index < -0.39 is 10.0 Å². The molecule has 2 N–H and O–H groups in total. The summed E-state index contributed by atoms with van der Waals surface area (Å²) in [4.78, 5) is 12.6. The van der Waals surface area contributed by atoms with Gasteiger partial charge in [0.1, 0.15) is 0 Å². The van der Waals surface area contributed by atoms with Gasteiger partial charge in [-0.25, -0.2) is 8.42 Å². The average molecular weight is 432 g/mol. The molecule has 2 aromatic rings. The Morgan fingerprint density at radius 3 is 2.43 bits per heavy atom. The number of carbonyl (C=O) groups is 1. The summed E-state index contributed by atoms with van der Waals surface area (Å²) in [5.41, 5.74) is 1.37. The molecule has 1 aliphatic heterocycles. The van der Waals surface area contributed by atoms with Gasteiger partial charge in [-0.15, -0.1) is 0 Å². The van der Waals surface area contributed by atoms with Crippen molar-refractivity contribution in [1.29, 1.82) is 0 Å². The summed E-state index contributed by atoms with van der Waals surface area (Å²) in [5.74, 6) is -0.282. The van der Waals surface area contributed by atoms with Crippen LogP contribution in [-0.2, 0) is 14.8 Å². The summed E-state index contributed by atoms with van der Waals surface area (Å²) in [6.07, 6.45) is 0.418. The van der Waals surface area contributed by atoms with E-state index in [9.17, 15) is 13.2 Å². The molecule has 1 saturated heterocycles. The summed E-state index contributed by atoms with van der Waals surface area (Å²) in [6.45, 7) is 5.54. The minimum Gasteiger partial charge on any atom is -0.385 e. The number of benzene rings is 2. The van der Waals surface area contributed by atoms with Crippen LogP contribution in [0, 0.1) is 0 Å². The van der Waals surface area contributed by atoms with Gasteiger partial charge in [-0.1, -0.05) is 24.3 Å². The molecule has 0 radical (unpaired) electrons. The Morgan fingerprint density at radius 1 is 1.03 bits per heavy atom. The third-order valence-electron chi connectivity index (χ3n) is 4.86. The van der Waals surface area contributed by atoms with Crippen LogP contribution in [0.3, 0.4) is 0 Å². The molecular weight excluding hydrogens is 402 g/mol. The lowest BCUT2D eigenvalue weighted by Crippen LogP contribution is -2.48. The highest BCUT2D eigenvalue weighted by atomic mass is 32.2. The Bertz CT molecular complexity index is 940. The summed E-state index contributed by atoms with van der Waals surface area (Å²) >= 11 is 0. The summed E-state index contributed by atoms with van der Waals surface area (Å²) < 4.78 is 33.1. The first-order valence-electron chi connectivity index (χ1n) is 10.2. The number of hydrogen-bond donors (Lipinski definition) is 2. The van der Waals surface area contributed by atoms with Crippen LogP contribution in [0.15, 0.2) is 59.5 Å². The largest absolute Gasteiger partial charge is 0.385 e. The van der Waals surface area contributed by atoms with Gasteiger partial charge in [0.25, 0.3) is 5.91 Å². The summed E-state index contributed by atoms with van der Waals surface area (Å²) in [6, 6.07) is 16.1. The van der Waals surface area contributed by atoms with E-state index in [1.54, 1.807) is 12.1 Å². The fourth-order valence-electron chi connectivity index (χ4n) is 3.45. The van der Waals surface area contributed by atoms with Crippen LogP contribution >= 0.6 is 0 Å². The van der Waals surface area contributed by atoms with E-state index in [-0.39, 0.29) is 23.0 Å². The van der Waals surface area contributed by atoms with Gasteiger partial charge >= 0.3 is 0 Å². The first kappa shape index (κ1) is 22.3. The Balaban J connectivity index is 1.55. The molecule has 0 saturated carbocycles.